The molecule has 1 aliphatic rings. The van der Waals surface area contributed by atoms with Crippen LogP contribution in [-0.2, 0) is 10.0 Å². The topological polar surface area (TPSA) is 73.9 Å². The van der Waals surface area contributed by atoms with Gasteiger partial charge < -0.3 is 14.2 Å². The number of methoxy groups -OCH3 is 1. The monoisotopic (exact) mass is 377 g/mol. The first-order valence-corrected chi connectivity index (χ1v) is 9.89. The zero-order valence-electron chi connectivity index (χ0n) is 15.4. The summed E-state index contributed by atoms with van der Waals surface area (Å²) >= 11 is 0. The van der Waals surface area contributed by atoms with E-state index < -0.39 is 10.0 Å². The van der Waals surface area contributed by atoms with Crippen LogP contribution < -0.4 is 18.9 Å². The van der Waals surface area contributed by atoms with Crippen LogP contribution in [0.25, 0.3) is 0 Å². The number of ether oxygens (including phenoxy) is 3. The van der Waals surface area contributed by atoms with Crippen molar-refractivity contribution in [2.75, 3.05) is 25.0 Å². The molecule has 0 aromatic heterocycles. The predicted molar refractivity (Wildman–Crippen MR) is 100 cm³/mol. The molecule has 1 N–H and O–H groups in total. The minimum absolute atomic E-state index is 0.267. The molecule has 0 spiro atoms. The van der Waals surface area contributed by atoms with Gasteiger partial charge in [-0.15, -0.1) is 0 Å². The summed E-state index contributed by atoms with van der Waals surface area (Å²) in [5, 5.41) is 0. The Morgan fingerprint density at radius 3 is 2.38 bits per heavy atom. The van der Waals surface area contributed by atoms with Crippen LogP contribution in [0.4, 0.5) is 5.69 Å². The van der Waals surface area contributed by atoms with Gasteiger partial charge in [0.05, 0.1) is 30.9 Å². The van der Waals surface area contributed by atoms with E-state index in [0.29, 0.717) is 47.3 Å². The molecule has 26 heavy (non-hydrogen) atoms. The van der Waals surface area contributed by atoms with E-state index in [1.807, 2.05) is 6.92 Å². The largest absolute Gasteiger partial charge is 0.496 e. The van der Waals surface area contributed by atoms with Gasteiger partial charge in [0.25, 0.3) is 10.0 Å². The van der Waals surface area contributed by atoms with E-state index in [0.717, 1.165) is 12.0 Å². The van der Waals surface area contributed by atoms with Crippen LogP contribution in [0, 0.1) is 20.8 Å². The van der Waals surface area contributed by atoms with E-state index in [2.05, 4.69) is 4.72 Å². The van der Waals surface area contributed by atoms with Crippen LogP contribution >= 0.6 is 0 Å². The standard InChI is InChI=1S/C19H23NO5S/c1-12-10-17(23-4)13(2)14(3)19(12)26(21,22)20-15-6-7-16-18(11-15)25-9-5-8-24-16/h6-7,10-11,20H,5,8-9H2,1-4H3. The fourth-order valence-electron chi connectivity index (χ4n) is 3.08. The Labute approximate surface area is 154 Å². The van der Waals surface area contributed by atoms with Crippen molar-refractivity contribution in [3.05, 3.63) is 41.0 Å². The third kappa shape index (κ3) is 3.44. The van der Waals surface area contributed by atoms with E-state index in [1.54, 1.807) is 45.2 Å². The highest BCUT2D eigenvalue weighted by atomic mass is 32.2. The Hall–Kier alpha value is -2.41. The van der Waals surface area contributed by atoms with Gasteiger partial charge in [0.15, 0.2) is 11.5 Å². The molecule has 0 unspecified atom stereocenters. The molecular weight excluding hydrogens is 354 g/mol. The van der Waals surface area contributed by atoms with E-state index in [4.69, 9.17) is 14.2 Å². The zero-order valence-corrected chi connectivity index (χ0v) is 16.2. The Morgan fingerprint density at radius 2 is 1.69 bits per heavy atom. The van der Waals surface area contributed by atoms with Crippen LogP contribution in [0.3, 0.4) is 0 Å². The van der Waals surface area contributed by atoms with Crippen molar-refractivity contribution in [3.63, 3.8) is 0 Å². The molecule has 2 aromatic rings. The van der Waals surface area contributed by atoms with Gasteiger partial charge in [-0.3, -0.25) is 4.72 Å². The molecule has 1 heterocycles. The first kappa shape index (κ1) is 18.4. The molecule has 7 heteroatoms. The van der Waals surface area contributed by atoms with Crippen LogP contribution in [-0.4, -0.2) is 28.7 Å². The minimum atomic E-state index is -3.76. The summed E-state index contributed by atoms with van der Waals surface area (Å²) in [5.74, 6) is 1.84. The maximum absolute atomic E-state index is 13.0. The summed E-state index contributed by atoms with van der Waals surface area (Å²) in [6, 6.07) is 6.79. The number of fused-ring (bicyclic) bond motifs is 1. The molecule has 0 saturated heterocycles. The molecule has 0 radical (unpaired) electrons. The minimum Gasteiger partial charge on any atom is -0.496 e. The number of rotatable bonds is 4. The third-order valence-corrected chi connectivity index (χ3v) is 6.14. The van der Waals surface area contributed by atoms with Crippen LogP contribution in [0.5, 0.6) is 17.2 Å². The average molecular weight is 377 g/mol. The molecule has 140 valence electrons. The summed E-state index contributed by atoms with van der Waals surface area (Å²) in [6.07, 6.45) is 0.791. The average Bonchev–Trinajstić information content (AvgIpc) is 2.82. The van der Waals surface area contributed by atoms with E-state index >= 15 is 0 Å². The number of sulfonamides is 1. The van der Waals surface area contributed by atoms with Gasteiger partial charge in [-0.1, -0.05) is 0 Å². The van der Waals surface area contributed by atoms with Crippen molar-refractivity contribution < 1.29 is 22.6 Å². The second-order valence-corrected chi connectivity index (χ2v) is 7.91. The summed E-state index contributed by atoms with van der Waals surface area (Å²) in [6.45, 7) is 6.52. The Kier molecular flexibility index (Phi) is 5.00. The highest BCUT2D eigenvalue weighted by Crippen LogP contribution is 2.35. The van der Waals surface area contributed by atoms with Crippen LogP contribution in [0.2, 0.25) is 0 Å². The highest BCUT2D eigenvalue weighted by molar-refractivity contribution is 7.92. The molecule has 0 atom stereocenters. The van der Waals surface area contributed by atoms with Gasteiger partial charge in [0.2, 0.25) is 0 Å². The van der Waals surface area contributed by atoms with Gasteiger partial charge in [0, 0.05) is 12.5 Å². The van der Waals surface area contributed by atoms with Crippen molar-refractivity contribution in [1.29, 1.82) is 0 Å². The van der Waals surface area contributed by atoms with Crippen molar-refractivity contribution in [1.82, 2.24) is 0 Å². The molecule has 3 rings (SSSR count). The Morgan fingerprint density at radius 1 is 1.00 bits per heavy atom. The van der Waals surface area contributed by atoms with Crippen LogP contribution in [0.15, 0.2) is 29.2 Å². The normalized spacial score (nSPS) is 13.8. The third-order valence-electron chi connectivity index (χ3n) is 4.47. The summed E-state index contributed by atoms with van der Waals surface area (Å²) < 4.78 is 45.2. The fraction of sp³-hybridized carbons (Fsp3) is 0.368. The first-order valence-electron chi connectivity index (χ1n) is 8.40. The Bertz CT molecular complexity index is 937. The van der Waals surface area contributed by atoms with Gasteiger partial charge >= 0.3 is 0 Å². The second kappa shape index (κ2) is 7.07. The number of hydrogen-bond donors (Lipinski definition) is 1. The smallest absolute Gasteiger partial charge is 0.262 e. The van der Waals surface area contributed by atoms with Crippen molar-refractivity contribution >= 4 is 15.7 Å². The summed E-state index contributed by atoms with van der Waals surface area (Å²) in [7, 11) is -2.18. The molecule has 6 nitrogen and oxygen atoms in total. The van der Waals surface area contributed by atoms with E-state index in [1.165, 1.54) is 0 Å². The molecule has 2 aromatic carbocycles. The lowest BCUT2D eigenvalue weighted by molar-refractivity contribution is 0.297. The zero-order chi connectivity index (χ0) is 18.9. The van der Waals surface area contributed by atoms with Crippen LogP contribution in [0.1, 0.15) is 23.1 Å². The summed E-state index contributed by atoms with van der Waals surface area (Å²) in [4.78, 5) is 0.267. The lowest BCUT2D eigenvalue weighted by Crippen LogP contribution is -2.16. The molecular formula is C19H23NO5S. The van der Waals surface area contributed by atoms with Gasteiger partial charge in [0.1, 0.15) is 5.75 Å². The highest BCUT2D eigenvalue weighted by Gasteiger charge is 2.23. The van der Waals surface area contributed by atoms with Gasteiger partial charge in [-0.2, -0.15) is 0 Å². The molecule has 0 fully saturated rings. The second-order valence-electron chi connectivity index (χ2n) is 6.29. The fourth-order valence-corrected chi connectivity index (χ4v) is 4.66. The van der Waals surface area contributed by atoms with Crippen molar-refractivity contribution in [3.8, 4) is 17.2 Å². The van der Waals surface area contributed by atoms with Gasteiger partial charge in [-0.25, -0.2) is 8.42 Å². The molecule has 0 saturated carbocycles. The maximum atomic E-state index is 13.0. The number of hydrogen-bond acceptors (Lipinski definition) is 5. The molecule has 1 aliphatic heterocycles. The lowest BCUT2D eigenvalue weighted by atomic mass is 10.1. The van der Waals surface area contributed by atoms with E-state index in [9.17, 15) is 8.42 Å². The lowest BCUT2D eigenvalue weighted by Gasteiger charge is -2.17. The summed E-state index contributed by atoms with van der Waals surface area (Å²) in [5.41, 5.74) is 2.54. The van der Waals surface area contributed by atoms with Crippen molar-refractivity contribution in [2.45, 2.75) is 32.1 Å². The molecule has 0 bridgehead atoms. The maximum Gasteiger partial charge on any atom is 0.262 e. The predicted octanol–water partition coefficient (Wildman–Crippen LogP) is 3.58. The quantitative estimate of drug-likeness (QED) is 0.881. The molecule has 0 amide bonds. The number of anilines is 1. The number of benzene rings is 2. The molecule has 0 aliphatic carbocycles. The number of nitrogens with one attached hydrogen (secondary N) is 1. The SMILES string of the molecule is COc1cc(C)c(S(=O)(=O)Nc2ccc3c(c2)OCCCO3)c(C)c1C. The van der Waals surface area contributed by atoms with E-state index in [-0.39, 0.29) is 4.90 Å². The number of aryl methyl sites for hydroxylation is 1. The van der Waals surface area contributed by atoms with Gasteiger partial charge in [-0.05, 0) is 55.7 Å². The first-order chi connectivity index (χ1) is 12.3. The Balaban J connectivity index is 1.98. The van der Waals surface area contributed by atoms with Crippen molar-refractivity contribution in [2.24, 2.45) is 0 Å².